The van der Waals surface area contributed by atoms with Gasteiger partial charge in [0.2, 0.25) is 0 Å². The maximum atomic E-state index is 11.7. The molecule has 0 aromatic carbocycles. The van der Waals surface area contributed by atoms with E-state index in [1.807, 2.05) is 0 Å². The van der Waals surface area contributed by atoms with Crippen LogP contribution in [0.3, 0.4) is 0 Å². The Kier molecular flexibility index (Phi) is 3.34. The molecule has 15 heavy (non-hydrogen) atoms. The fraction of sp³-hybridized carbons (Fsp3) is 0.400. The fourth-order valence-electron chi connectivity index (χ4n) is 1.27. The summed E-state index contributed by atoms with van der Waals surface area (Å²) in [6.07, 6.45) is 1.56. The smallest absolute Gasteiger partial charge is 0.270 e. The standard InChI is InChI=1S/C10H14N4O/c1-7(4-11)6-14(2)10(15)9-3-8(12)5-13-9/h3,5,7,13H,6,12H2,1-2H3. The molecule has 80 valence electrons. The highest BCUT2D eigenvalue weighted by Crippen LogP contribution is 2.08. The Balaban J connectivity index is 2.65. The van der Waals surface area contributed by atoms with Gasteiger partial charge < -0.3 is 15.6 Å². The van der Waals surface area contributed by atoms with Crippen molar-refractivity contribution in [1.29, 1.82) is 5.26 Å². The van der Waals surface area contributed by atoms with Crippen molar-refractivity contribution in [2.75, 3.05) is 19.3 Å². The van der Waals surface area contributed by atoms with Gasteiger partial charge in [0, 0.05) is 25.5 Å². The van der Waals surface area contributed by atoms with Crippen LogP contribution in [0, 0.1) is 17.2 Å². The van der Waals surface area contributed by atoms with Crippen molar-refractivity contribution in [3.05, 3.63) is 18.0 Å². The zero-order valence-corrected chi connectivity index (χ0v) is 8.82. The van der Waals surface area contributed by atoms with Crippen LogP contribution in [0.4, 0.5) is 5.69 Å². The highest BCUT2D eigenvalue weighted by molar-refractivity contribution is 5.93. The Morgan fingerprint density at radius 1 is 1.80 bits per heavy atom. The zero-order valence-electron chi connectivity index (χ0n) is 8.82. The number of rotatable bonds is 3. The first kappa shape index (κ1) is 11.1. The summed E-state index contributed by atoms with van der Waals surface area (Å²) in [6.45, 7) is 2.18. The lowest BCUT2D eigenvalue weighted by Crippen LogP contribution is -2.30. The second-order valence-corrected chi connectivity index (χ2v) is 3.56. The van der Waals surface area contributed by atoms with E-state index in [1.54, 1.807) is 26.2 Å². The molecule has 3 N–H and O–H groups in total. The molecule has 1 unspecified atom stereocenters. The van der Waals surface area contributed by atoms with E-state index in [1.165, 1.54) is 4.90 Å². The predicted molar refractivity (Wildman–Crippen MR) is 56.9 cm³/mol. The molecule has 0 saturated heterocycles. The van der Waals surface area contributed by atoms with Crippen molar-refractivity contribution in [1.82, 2.24) is 9.88 Å². The molecular formula is C10H14N4O. The molecule has 0 spiro atoms. The number of aromatic amines is 1. The second kappa shape index (κ2) is 4.51. The lowest BCUT2D eigenvalue weighted by molar-refractivity contribution is 0.0780. The lowest BCUT2D eigenvalue weighted by atomic mass is 10.2. The van der Waals surface area contributed by atoms with Crippen molar-refractivity contribution in [3.8, 4) is 6.07 Å². The summed E-state index contributed by atoms with van der Waals surface area (Å²) in [7, 11) is 1.66. The summed E-state index contributed by atoms with van der Waals surface area (Å²) in [5.41, 5.74) is 6.46. The first-order valence-electron chi connectivity index (χ1n) is 4.63. The van der Waals surface area contributed by atoms with E-state index in [-0.39, 0.29) is 11.8 Å². The quantitative estimate of drug-likeness (QED) is 0.768. The molecule has 0 aliphatic heterocycles. The van der Waals surface area contributed by atoms with Crippen molar-refractivity contribution >= 4 is 11.6 Å². The highest BCUT2D eigenvalue weighted by atomic mass is 16.2. The average molecular weight is 206 g/mol. The van der Waals surface area contributed by atoms with Gasteiger partial charge >= 0.3 is 0 Å². The molecule has 5 heteroatoms. The van der Waals surface area contributed by atoms with Crippen LogP contribution in [0.2, 0.25) is 0 Å². The molecule has 1 aromatic heterocycles. The maximum absolute atomic E-state index is 11.7. The topological polar surface area (TPSA) is 85.9 Å². The number of nitriles is 1. The first-order valence-corrected chi connectivity index (χ1v) is 4.63. The number of aromatic nitrogens is 1. The van der Waals surface area contributed by atoms with Crippen LogP contribution in [0.5, 0.6) is 0 Å². The van der Waals surface area contributed by atoms with Crippen LogP contribution < -0.4 is 5.73 Å². The molecule has 0 aliphatic rings. The largest absolute Gasteiger partial charge is 0.397 e. The highest BCUT2D eigenvalue weighted by Gasteiger charge is 2.15. The van der Waals surface area contributed by atoms with Gasteiger partial charge in [-0.2, -0.15) is 5.26 Å². The van der Waals surface area contributed by atoms with Crippen LogP contribution in [-0.4, -0.2) is 29.4 Å². The molecule has 0 saturated carbocycles. The number of nitrogen functional groups attached to an aromatic ring is 1. The summed E-state index contributed by atoms with van der Waals surface area (Å²) >= 11 is 0. The van der Waals surface area contributed by atoms with Gasteiger partial charge in [-0.05, 0) is 13.0 Å². The maximum Gasteiger partial charge on any atom is 0.270 e. The second-order valence-electron chi connectivity index (χ2n) is 3.56. The van der Waals surface area contributed by atoms with Gasteiger partial charge in [-0.15, -0.1) is 0 Å². The number of amides is 1. The van der Waals surface area contributed by atoms with Gasteiger partial charge in [0.25, 0.3) is 5.91 Å². The van der Waals surface area contributed by atoms with Gasteiger partial charge in [0.15, 0.2) is 0 Å². The van der Waals surface area contributed by atoms with E-state index in [2.05, 4.69) is 11.1 Å². The predicted octanol–water partition coefficient (Wildman–Crippen LogP) is 0.829. The third-order valence-corrected chi connectivity index (χ3v) is 2.05. The SMILES string of the molecule is CC(C#N)CN(C)C(=O)c1cc(N)c[nH]1. The number of hydrogen-bond acceptors (Lipinski definition) is 3. The number of nitrogens with two attached hydrogens (primary N) is 1. The third-order valence-electron chi connectivity index (χ3n) is 2.05. The molecule has 0 aliphatic carbocycles. The van der Waals surface area contributed by atoms with Crippen LogP contribution >= 0.6 is 0 Å². The van der Waals surface area contributed by atoms with Crippen molar-refractivity contribution in [2.24, 2.45) is 5.92 Å². The summed E-state index contributed by atoms with van der Waals surface area (Å²) in [5, 5.41) is 8.62. The molecule has 0 radical (unpaired) electrons. The molecule has 0 fully saturated rings. The van der Waals surface area contributed by atoms with Gasteiger partial charge in [0.1, 0.15) is 5.69 Å². The zero-order chi connectivity index (χ0) is 11.4. The van der Waals surface area contributed by atoms with Crippen molar-refractivity contribution in [3.63, 3.8) is 0 Å². The van der Waals surface area contributed by atoms with Crippen molar-refractivity contribution < 1.29 is 4.79 Å². The van der Waals surface area contributed by atoms with Crippen LogP contribution in [0.15, 0.2) is 12.3 Å². The van der Waals surface area contributed by atoms with Crippen LogP contribution in [0.25, 0.3) is 0 Å². The fourth-order valence-corrected chi connectivity index (χ4v) is 1.27. The molecule has 1 amide bonds. The molecule has 1 rings (SSSR count). The van der Waals surface area contributed by atoms with E-state index >= 15 is 0 Å². The summed E-state index contributed by atoms with van der Waals surface area (Å²) in [6, 6.07) is 3.66. The Hall–Kier alpha value is -1.96. The third kappa shape index (κ3) is 2.74. The molecular weight excluding hydrogens is 192 g/mol. The van der Waals surface area contributed by atoms with Gasteiger partial charge in [-0.3, -0.25) is 4.79 Å². The summed E-state index contributed by atoms with van der Waals surface area (Å²) in [4.78, 5) is 16.0. The van der Waals surface area contributed by atoms with Crippen molar-refractivity contribution in [2.45, 2.75) is 6.92 Å². The van der Waals surface area contributed by atoms with Gasteiger partial charge in [0.05, 0.1) is 12.0 Å². The molecule has 5 nitrogen and oxygen atoms in total. The van der Waals surface area contributed by atoms with E-state index < -0.39 is 0 Å². The van der Waals surface area contributed by atoms with E-state index in [9.17, 15) is 4.79 Å². The molecule has 0 bridgehead atoms. The Bertz CT molecular complexity index is 390. The number of hydrogen-bond donors (Lipinski definition) is 2. The van der Waals surface area contributed by atoms with Gasteiger partial charge in [-0.1, -0.05) is 0 Å². The molecule has 1 aromatic rings. The molecule has 1 heterocycles. The first-order chi connectivity index (χ1) is 7.04. The Morgan fingerprint density at radius 3 is 2.93 bits per heavy atom. The number of nitrogens with one attached hydrogen (secondary N) is 1. The number of carbonyl (C=O) groups is 1. The number of nitrogens with zero attached hydrogens (tertiary/aromatic N) is 2. The number of H-pyrrole nitrogens is 1. The molecule has 1 atom stereocenters. The Morgan fingerprint density at radius 2 is 2.47 bits per heavy atom. The van der Waals surface area contributed by atoms with Crippen LogP contribution in [-0.2, 0) is 0 Å². The monoisotopic (exact) mass is 206 g/mol. The van der Waals surface area contributed by atoms with Crippen LogP contribution in [0.1, 0.15) is 17.4 Å². The minimum Gasteiger partial charge on any atom is -0.397 e. The Labute approximate surface area is 88.5 Å². The van der Waals surface area contributed by atoms with Gasteiger partial charge in [-0.25, -0.2) is 0 Å². The minimum atomic E-state index is -0.175. The summed E-state index contributed by atoms with van der Waals surface area (Å²) in [5.74, 6) is -0.333. The van der Waals surface area contributed by atoms with E-state index in [4.69, 9.17) is 11.0 Å². The number of anilines is 1. The lowest BCUT2D eigenvalue weighted by Gasteiger charge is -2.17. The summed E-state index contributed by atoms with van der Waals surface area (Å²) < 4.78 is 0. The average Bonchev–Trinajstić information content (AvgIpc) is 2.63. The number of carbonyl (C=O) groups excluding carboxylic acids is 1. The van der Waals surface area contributed by atoms with E-state index in [0.29, 0.717) is 17.9 Å². The normalized spacial score (nSPS) is 11.8. The minimum absolute atomic E-state index is 0.159. The van der Waals surface area contributed by atoms with E-state index in [0.717, 1.165) is 0 Å².